The molecule has 0 atom stereocenters. The minimum absolute atomic E-state index is 0.0735. The average Bonchev–Trinajstić information content (AvgIpc) is 2.00. The van der Waals surface area contributed by atoms with E-state index in [1.807, 2.05) is 88.0 Å². The van der Waals surface area contributed by atoms with E-state index in [0.717, 1.165) is 6.07 Å². The van der Waals surface area contributed by atoms with Crippen LogP contribution >= 0.6 is 0 Å². The summed E-state index contributed by atoms with van der Waals surface area (Å²) >= 11 is 0. The summed E-state index contributed by atoms with van der Waals surface area (Å²) < 4.78 is 21.3. The molecule has 0 bridgehead atoms. The molecule has 10 aromatic carbocycles. The van der Waals surface area contributed by atoms with E-state index < -0.39 is 5.82 Å². The molecule has 0 radical (unpaired) electrons. The summed E-state index contributed by atoms with van der Waals surface area (Å²) in [6.07, 6.45) is 0. The van der Waals surface area contributed by atoms with Crippen molar-refractivity contribution >= 4 is 72.0 Å². The van der Waals surface area contributed by atoms with Crippen LogP contribution in [0.1, 0.15) is 27.8 Å². The fourth-order valence-corrected chi connectivity index (χ4v) is 11.1. The highest BCUT2D eigenvalue weighted by Gasteiger charge is 2.27. The fraction of sp³-hybridized carbons (Fsp3) is 0. The van der Waals surface area contributed by atoms with E-state index in [1.165, 1.54) is 30.3 Å². The monoisotopic (exact) mass is 1060 g/mol. The first-order valence-corrected chi connectivity index (χ1v) is 25.2. The van der Waals surface area contributed by atoms with E-state index in [-0.39, 0.29) is 39.3 Å². The minimum atomic E-state index is -0.728. The summed E-state index contributed by atoms with van der Waals surface area (Å²) in [7, 11) is 0. The maximum atomic E-state index is 17.5. The molecular formula is C70H29FN12. The molecule has 12 nitrogen and oxygen atoms in total. The molecule has 2 aromatic heterocycles. The Morgan fingerprint density at radius 1 is 0.325 bits per heavy atom. The molecule has 0 amide bonds. The molecule has 0 aliphatic rings. The van der Waals surface area contributed by atoms with E-state index in [2.05, 4.69) is 48.5 Å². The highest BCUT2D eigenvalue weighted by molar-refractivity contribution is 6.15. The second-order valence-electron chi connectivity index (χ2n) is 19.2. The molecule has 0 spiro atoms. The van der Waals surface area contributed by atoms with Crippen LogP contribution in [0, 0.1) is 95.3 Å². The summed E-state index contributed by atoms with van der Waals surface area (Å²) in [6, 6.07) is 60.8. The Hall–Kier alpha value is -13.4. The lowest BCUT2D eigenvalue weighted by molar-refractivity contribution is 0.630. The Kier molecular flexibility index (Phi) is 12.3. The number of halogens is 1. The maximum Gasteiger partial charge on any atom is 0.196 e. The van der Waals surface area contributed by atoms with Crippen LogP contribution in [0.2, 0.25) is 0 Å². The van der Waals surface area contributed by atoms with Gasteiger partial charge in [-0.05, 0) is 154 Å². The highest BCUT2D eigenvalue weighted by atomic mass is 19.1. The van der Waals surface area contributed by atoms with E-state index >= 15 is 4.39 Å². The zero-order valence-corrected chi connectivity index (χ0v) is 43.0. The summed E-state index contributed by atoms with van der Waals surface area (Å²) in [4.78, 5) is 18.4. The molecule has 376 valence electrons. The number of rotatable bonds is 7. The predicted molar refractivity (Wildman–Crippen MR) is 317 cm³/mol. The molecule has 0 aliphatic heterocycles. The van der Waals surface area contributed by atoms with Gasteiger partial charge in [-0.1, -0.05) is 66.7 Å². The third kappa shape index (κ3) is 8.30. The van der Waals surface area contributed by atoms with Crippen molar-refractivity contribution in [1.82, 2.24) is 9.13 Å². The molecule has 12 aromatic rings. The summed E-state index contributed by atoms with van der Waals surface area (Å²) in [5, 5.41) is 53.7. The first-order chi connectivity index (χ1) is 40.6. The van der Waals surface area contributed by atoms with Crippen molar-refractivity contribution in [2.75, 3.05) is 0 Å². The van der Waals surface area contributed by atoms with Crippen LogP contribution in [-0.2, 0) is 0 Å². The first kappa shape index (κ1) is 50.4. The van der Waals surface area contributed by atoms with Crippen LogP contribution in [0.4, 0.5) is 32.8 Å². The number of nitrogens with zero attached hydrogens (tertiary/aromatic N) is 12. The van der Waals surface area contributed by atoms with Gasteiger partial charge in [0.1, 0.15) is 5.82 Å². The van der Waals surface area contributed by atoms with Gasteiger partial charge in [-0.15, -0.1) is 0 Å². The lowest BCUT2D eigenvalue weighted by Gasteiger charge is -2.21. The van der Waals surface area contributed by atoms with Gasteiger partial charge in [0.25, 0.3) is 0 Å². The van der Waals surface area contributed by atoms with Crippen LogP contribution in [-0.4, -0.2) is 9.13 Å². The molecule has 0 unspecified atom stereocenters. The Bertz CT molecular complexity index is 4810. The molecule has 83 heavy (non-hydrogen) atoms. The van der Waals surface area contributed by atoms with Crippen molar-refractivity contribution in [3.05, 3.63) is 267 Å². The second-order valence-corrected chi connectivity index (χ2v) is 19.2. The second kappa shape index (κ2) is 20.2. The number of nitriles is 5. The topological polar surface area (TPSA) is 151 Å². The smallest absolute Gasteiger partial charge is 0.196 e. The van der Waals surface area contributed by atoms with Gasteiger partial charge < -0.3 is 9.13 Å². The lowest BCUT2D eigenvalue weighted by atomic mass is 9.96. The number of hydrogen-bond acceptors (Lipinski definition) is 5. The molecular weight excluding hydrogens is 1030 g/mol. The van der Waals surface area contributed by atoms with Gasteiger partial charge in [-0.2, -0.15) is 26.3 Å². The fourth-order valence-electron chi connectivity index (χ4n) is 11.1. The maximum absolute atomic E-state index is 17.5. The summed E-state index contributed by atoms with van der Waals surface area (Å²) in [6.45, 7) is 39.5. The zero-order valence-electron chi connectivity index (χ0n) is 43.0. The largest absolute Gasteiger partial charge is 0.308 e. The SMILES string of the molecule is [C-]#[N+]c1ccc(-c2ccc3c(c2)c2cc(-c4ccc([N+]#[C-])cc4[N+]#[C-])ccc2n3-c2cc(C#N)cc(-n3c4ccc(-c5ccc(C#N)cc5[N+]#[C-])cc4c4cc(-c5ccc(C#N)cc5[N+]#[C-])ccc43)c2-c2ccc(C#N)cc2F)c(C#N)c1. The van der Waals surface area contributed by atoms with Crippen LogP contribution < -0.4 is 0 Å². The van der Waals surface area contributed by atoms with Crippen molar-refractivity contribution in [1.29, 1.82) is 26.3 Å². The van der Waals surface area contributed by atoms with Crippen molar-refractivity contribution in [3.63, 3.8) is 0 Å². The Morgan fingerprint density at radius 2 is 0.687 bits per heavy atom. The number of fused-ring (bicyclic) bond motifs is 6. The third-order valence-corrected chi connectivity index (χ3v) is 14.8. The average molecular weight is 1060 g/mol. The van der Waals surface area contributed by atoms with Gasteiger partial charge in [0.15, 0.2) is 28.4 Å². The first-order valence-electron chi connectivity index (χ1n) is 25.2. The predicted octanol–water partition coefficient (Wildman–Crippen LogP) is 18.5. The highest BCUT2D eigenvalue weighted by Crippen LogP contribution is 2.47. The summed E-state index contributed by atoms with van der Waals surface area (Å²) in [5.74, 6) is -0.728. The molecule has 12 rings (SSSR count). The van der Waals surface area contributed by atoms with Gasteiger partial charge >= 0.3 is 0 Å². The molecule has 0 saturated heterocycles. The van der Waals surface area contributed by atoms with E-state index in [0.29, 0.717) is 128 Å². The Balaban J connectivity index is 1.22. The standard InChI is InChI=1S/C70H29FN12/c1-77-49-13-18-51(48(29-49)39-76)44-9-20-64-56(30-44)57-33-47(54-19-14-50(78-2)34-63(54)81-5)12-23-65(57)82(64)68-27-43(38-75)28-69(70(68)55-17-8-40(35-72)24-60(55)71)83-66-21-10-45(52-15-6-41(36-73)25-61(52)79-3)31-58(66)59-32-46(11-22-67(59)83)53-16-7-42(37-74)26-62(53)80-4/h6-34H. The number of benzene rings is 10. The number of hydrogen-bond donors (Lipinski definition) is 0. The van der Waals surface area contributed by atoms with Gasteiger partial charge in [0.05, 0.1) is 108 Å². The normalized spacial score (nSPS) is 10.6. The Labute approximate surface area is 473 Å². The minimum Gasteiger partial charge on any atom is -0.308 e. The molecule has 0 saturated carbocycles. The van der Waals surface area contributed by atoms with Crippen molar-refractivity contribution in [2.45, 2.75) is 0 Å². The van der Waals surface area contributed by atoms with Crippen molar-refractivity contribution < 1.29 is 4.39 Å². The van der Waals surface area contributed by atoms with E-state index in [1.54, 1.807) is 66.7 Å². The summed E-state index contributed by atoms with van der Waals surface area (Å²) in [5.41, 5.74) is 11.1. The lowest BCUT2D eigenvalue weighted by Crippen LogP contribution is -2.06. The molecule has 0 N–H and O–H groups in total. The van der Waals surface area contributed by atoms with Gasteiger partial charge in [0, 0.05) is 49.4 Å². The number of aromatic nitrogens is 2. The third-order valence-electron chi connectivity index (χ3n) is 14.8. The van der Waals surface area contributed by atoms with E-state index in [4.69, 9.17) is 32.9 Å². The Morgan fingerprint density at radius 3 is 1.07 bits per heavy atom. The van der Waals surface area contributed by atoms with Crippen LogP contribution in [0.15, 0.2) is 176 Å². The molecule has 2 heterocycles. The quantitative estimate of drug-likeness (QED) is 0.146. The molecule has 13 heteroatoms. The van der Waals surface area contributed by atoms with Crippen molar-refractivity contribution in [2.24, 2.45) is 0 Å². The molecule has 0 fully saturated rings. The molecule has 0 aliphatic carbocycles. The van der Waals surface area contributed by atoms with Crippen molar-refractivity contribution in [3.8, 4) is 97.4 Å². The van der Waals surface area contributed by atoms with Gasteiger partial charge in [-0.3, -0.25) is 0 Å². The van der Waals surface area contributed by atoms with Crippen LogP contribution in [0.3, 0.4) is 0 Å². The van der Waals surface area contributed by atoms with E-state index in [9.17, 15) is 26.3 Å². The van der Waals surface area contributed by atoms with Gasteiger partial charge in [-0.25, -0.2) is 28.6 Å². The van der Waals surface area contributed by atoms with Gasteiger partial charge in [0.2, 0.25) is 0 Å². The van der Waals surface area contributed by atoms with Crippen LogP contribution in [0.5, 0.6) is 0 Å². The van der Waals surface area contributed by atoms with Crippen LogP contribution in [0.25, 0.3) is 135 Å². The zero-order chi connectivity index (χ0) is 57.6.